The molecule has 1 aliphatic heterocycles. The van der Waals surface area contributed by atoms with Gasteiger partial charge in [-0.1, -0.05) is 6.07 Å². The van der Waals surface area contributed by atoms with Crippen LogP contribution in [0.25, 0.3) is 0 Å². The lowest BCUT2D eigenvalue weighted by Gasteiger charge is -2.35. The topological polar surface area (TPSA) is 32.5 Å². The zero-order valence-corrected chi connectivity index (χ0v) is 11.9. The van der Waals surface area contributed by atoms with E-state index in [0.29, 0.717) is 12.1 Å². The Labute approximate surface area is 122 Å². The first kappa shape index (κ1) is 14.7. The van der Waals surface area contributed by atoms with Gasteiger partial charge in [-0.15, -0.1) is 0 Å². The van der Waals surface area contributed by atoms with Gasteiger partial charge in [-0.2, -0.15) is 13.2 Å². The van der Waals surface area contributed by atoms with Gasteiger partial charge in [0.2, 0.25) is 0 Å². The quantitative estimate of drug-likeness (QED) is 0.871. The summed E-state index contributed by atoms with van der Waals surface area (Å²) in [5, 5.41) is 0. The zero-order valence-electron chi connectivity index (χ0n) is 11.9. The van der Waals surface area contributed by atoms with Gasteiger partial charge < -0.3 is 5.73 Å². The van der Waals surface area contributed by atoms with Crippen molar-refractivity contribution in [2.24, 2.45) is 0 Å². The van der Waals surface area contributed by atoms with Crippen LogP contribution in [0.1, 0.15) is 24.0 Å². The van der Waals surface area contributed by atoms with Gasteiger partial charge in [-0.3, -0.25) is 9.80 Å². The monoisotopic (exact) mass is 299 g/mol. The minimum Gasteiger partial charge on any atom is -0.399 e. The normalized spacial score (nSPS) is 21.7. The highest BCUT2D eigenvalue weighted by Crippen LogP contribution is 2.34. The van der Waals surface area contributed by atoms with Crippen molar-refractivity contribution < 1.29 is 13.2 Å². The molecule has 116 valence electrons. The summed E-state index contributed by atoms with van der Waals surface area (Å²) < 4.78 is 39.2. The SMILES string of the molecule is Nc1ccc(CN2CCN(C3CC3)CC2)c(C(F)(F)F)c1. The Kier molecular flexibility index (Phi) is 3.84. The molecule has 2 aliphatic rings. The second-order valence-corrected chi connectivity index (χ2v) is 5.96. The fourth-order valence-corrected chi connectivity index (χ4v) is 2.96. The summed E-state index contributed by atoms with van der Waals surface area (Å²) in [7, 11) is 0. The average molecular weight is 299 g/mol. The molecule has 1 saturated carbocycles. The molecule has 1 saturated heterocycles. The lowest BCUT2D eigenvalue weighted by Crippen LogP contribution is -2.46. The third-order valence-electron chi connectivity index (χ3n) is 4.30. The van der Waals surface area contributed by atoms with E-state index in [4.69, 9.17) is 5.73 Å². The maximum atomic E-state index is 13.1. The summed E-state index contributed by atoms with van der Waals surface area (Å²) in [6, 6.07) is 4.82. The second kappa shape index (κ2) is 5.50. The fraction of sp³-hybridized carbons (Fsp3) is 0.600. The molecule has 3 rings (SSSR count). The van der Waals surface area contributed by atoms with Gasteiger partial charge in [0.1, 0.15) is 0 Å². The molecule has 0 spiro atoms. The number of hydrogen-bond acceptors (Lipinski definition) is 3. The van der Waals surface area contributed by atoms with Gasteiger partial charge >= 0.3 is 6.18 Å². The third kappa shape index (κ3) is 3.49. The molecule has 1 heterocycles. The molecule has 21 heavy (non-hydrogen) atoms. The number of benzene rings is 1. The maximum absolute atomic E-state index is 13.1. The molecule has 0 bridgehead atoms. The van der Waals surface area contributed by atoms with E-state index in [1.165, 1.54) is 18.9 Å². The minimum absolute atomic E-state index is 0.157. The summed E-state index contributed by atoms with van der Waals surface area (Å²) in [6.45, 7) is 3.92. The standard InChI is InChI=1S/C15H20F3N3/c16-15(17,18)14-9-12(19)2-1-11(14)10-20-5-7-21(8-6-20)13-3-4-13/h1-2,9,13H,3-8,10,19H2. The average Bonchev–Trinajstić information content (AvgIpc) is 3.25. The van der Waals surface area contributed by atoms with Crippen LogP contribution in [0.15, 0.2) is 18.2 Å². The molecule has 0 unspecified atom stereocenters. The van der Waals surface area contributed by atoms with Gasteiger partial charge in [-0.25, -0.2) is 0 Å². The molecule has 2 fully saturated rings. The molecular weight excluding hydrogens is 279 g/mol. The number of alkyl halides is 3. The van der Waals surface area contributed by atoms with Crippen LogP contribution in [0.2, 0.25) is 0 Å². The van der Waals surface area contributed by atoms with Gasteiger partial charge in [0, 0.05) is 44.5 Å². The molecular formula is C15H20F3N3. The van der Waals surface area contributed by atoms with Crippen LogP contribution in [-0.2, 0) is 12.7 Å². The van der Waals surface area contributed by atoms with E-state index < -0.39 is 11.7 Å². The minimum atomic E-state index is -4.35. The van der Waals surface area contributed by atoms with Crippen LogP contribution in [-0.4, -0.2) is 42.0 Å². The summed E-state index contributed by atoms with van der Waals surface area (Å²) in [4.78, 5) is 4.55. The Morgan fingerprint density at radius 2 is 1.76 bits per heavy atom. The van der Waals surface area contributed by atoms with Crippen molar-refractivity contribution in [2.75, 3.05) is 31.9 Å². The Bertz CT molecular complexity index is 503. The number of hydrogen-bond donors (Lipinski definition) is 1. The summed E-state index contributed by atoms with van der Waals surface area (Å²) >= 11 is 0. The molecule has 1 aromatic carbocycles. The van der Waals surface area contributed by atoms with E-state index in [-0.39, 0.29) is 5.69 Å². The van der Waals surface area contributed by atoms with Crippen molar-refractivity contribution in [3.05, 3.63) is 29.3 Å². The van der Waals surface area contributed by atoms with Crippen molar-refractivity contribution in [3.63, 3.8) is 0 Å². The van der Waals surface area contributed by atoms with Gasteiger partial charge in [-0.05, 0) is 30.5 Å². The highest BCUT2D eigenvalue weighted by atomic mass is 19.4. The smallest absolute Gasteiger partial charge is 0.399 e. The van der Waals surface area contributed by atoms with E-state index in [9.17, 15) is 13.2 Å². The van der Waals surface area contributed by atoms with Crippen molar-refractivity contribution >= 4 is 5.69 Å². The number of piperazine rings is 1. The Morgan fingerprint density at radius 3 is 2.33 bits per heavy atom. The Hall–Kier alpha value is -1.27. The van der Waals surface area contributed by atoms with Crippen LogP contribution in [0.3, 0.4) is 0 Å². The summed E-state index contributed by atoms with van der Waals surface area (Å²) in [6.07, 6.45) is -1.80. The first-order chi connectivity index (χ1) is 9.93. The highest BCUT2D eigenvalue weighted by Gasteiger charge is 2.35. The number of anilines is 1. The van der Waals surface area contributed by atoms with Crippen LogP contribution >= 0.6 is 0 Å². The van der Waals surface area contributed by atoms with E-state index >= 15 is 0 Å². The van der Waals surface area contributed by atoms with Crippen LogP contribution in [0, 0.1) is 0 Å². The molecule has 0 atom stereocenters. The molecule has 0 amide bonds. The van der Waals surface area contributed by atoms with E-state index in [2.05, 4.69) is 9.80 Å². The third-order valence-corrected chi connectivity index (χ3v) is 4.30. The molecule has 6 heteroatoms. The fourth-order valence-electron chi connectivity index (χ4n) is 2.96. The molecule has 1 aliphatic carbocycles. The number of nitrogen functional groups attached to an aromatic ring is 1. The Morgan fingerprint density at radius 1 is 1.10 bits per heavy atom. The molecule has 2 N–H and O–H groups in total. The molecule has 0 aromatic heterocycles. The predicted molar refractivity (Wildman–Crippen MR) is 75.7 cm³/mol. The highest BCUT2D eigenvalue weighted by molar-refractivity contribution is 5.46. The van der Waals surface area contributed by atoms with Gasteiger partial charge in [0.05, 0.1) is 5.56 Å². The molecule has 3 nitrogen and oxygen atoms in total. The van der Waals surface area contributed by atoms with E-state index in [1.807, 2.05) is 0 Å². The second-order valence-electron chi connectivity index (χ2n) is 5.96. The molecule has 0 radical (unpaired) electrons. The number of nitrogens with two attached hydrogens (primary N) is 1. The maximum Gasteiger partial charge on any atom is 0.416 e. The predicted octanol–water partition coefficient (Wildman–Crippen LogP) is 2.57. The lowest BCUT2D eigenvalue weighted by atomic mass is 10.1. The van der Waals surface area contributed by atoms with Crippen LogP contribution in [0.4, 0.5) is 18.9 Å². The van der Waals surface area contributed by atoms with Crippen molar-refractivity contribution in [1.29, 1.82) is 0 Å². The largest absolute Gasteiger partial charge is 0.416 e. The Balaban J connectivity index is 1.67. The van der Waals surface area contributed by atoms with Crippen molar-refractivity contribution in [1.82, 2.24) is 9.80 Å². The van der Waals surface area contributed by atoms with Crippen LogP contribution < -0.4 is 5.73 Å². The number of rotatable bonds is 3. The van der Waals surface area contributed by atoms with E-state index in [1.54, 1.807) is 6.07 Å². The van der Waals surface area contributed by atoms with Crippen molar-refractivity contribution in [2.45, 2.75) is 31.6 Å². The first-order valence-electron chi connectivity index (χ1n) is 7.35. The summed E-state index contributed by atoms with van der Waals surface area (Å²) in [5.74, 6) is 0. The van der Waals surface area contributed by atoms with Gasteiger partial charge in [0.15, 0.2) is 0 Å². The van der Waals surface area contributed by atoms with Gasteiger partial charge in [0.25, 0.3) is 0 Å². The summed E-state index contributed by atoms with van der Waals surface area (Å²) in [5.41, 5.74) is 5.36. The van der Waals surface area contributed by atoms with Crippen LogP contribution in [0.5, 0.6) is 0 Å². The van der Waals surface area contributed by atoms with E-state index in [0.717, 1.165) is 38.3 Å². The van der Waals surface area contributed by atoms with Crippen molar-refractivity contribution in [3.8, 4) is 0 Å². The number of halogens is 3. The number of nitrogens with zero attached hydrogens (tertiary/aromatic N) is 2. The zero-order chi connectivity index (χ0) is 15.0. The first-order valence-corrected chi connectivity index (χ1v) is 7.35. The molecule has 1 aromatic rings. The lowest BCUT2D eigenvalue weighted by molar-refractivity contribution is -0.138.